The molecule has 0 aliphatic heterocycles. The Labute approximate surface area is 148 Å². The highest BCUT2D eigenvalue weighted by molar-refractivity contribution is 7.18. The highest BCUT2D eigenvalue weighted by Crippen LogP contribution is 2.22. The van der Waals surface area contributed by atoms with E-state index in [9.17, 15) is 0 Å². The number of hydrogen-bond acceptors (Lipinski definition) is 4. The Morgan fingerprint density at radius 2 is 2.08 bits per heavy atom. The minimum atomic E-state index is 0.778. The largest absolute Gasteiger partial charge is 0.382 e. The first kappa shape index (κ1) is 18.7. The van der Waals surface area contributed by atoms with Gasteiger partial charge in [-0.05, 0) is 38.8 Å². The lowest BCUT2D eigenvalue weighted by atomic mass is 10.3. The number of aromatic nitrogens is 1. The van der Waals surface area contributed by atoms with E-state index >= 15 is 0 Å². The summed E-state index contributed by atoms with van der Waals surface area (Å²) in [6.07, 6.45) is 2.98. The molecule has 0 aliphatic carbocycles. The van der Waals surface area contributed by atoms with Crippen LogP contribution in [0.4, 0.5) is 0 Å². The summed E-state index contributed by atoms with van der Waals surface area (Å²) in [5, 5.41) is 7.82. The third-order valence-corrected chi connectivity index (χ3v) is 4.56. The van der Waals surface area contributed by atoms with Crippen molar-refractivity contribution in [3.63, 3.8) is 0 Å². The van der Waals surface area contributed by atoms with E-state index in [0.29, 0.717) is 0 Å². The number of ether oxygens (including phenoxy) is 1. The van der Waals surface area contributed by atoms with Gasteiger partial charge < -0.3 is 15.4 Å². The topological polar surface area (TPSA) is 58.5 Å². The summed E-state index contributed by atoms with van der Waals surface area (Å²) in [6, 6.07) is 8.30. The quantitative estimate of drug-likeness (QED) is 0.393. The highest BCUT2D eigenvalue weighted by Gasteiger charge is 2.03. The molecule has 0 saturated heterocycles. The van der Waals surface area contributed by atoms with E-state index in [0.717, 1.165) is 63.6 Å². The van der Waals surface area contributed by atoms with E-state index in [1.807, 2.05) is 13.0 Å². The molecule has 0 bridgehead atoms. The van der Waals surface area contributed by atoms with Gasteiger partial charge in [-0.15, -0.1) is 11.3 Å². The summed E-state index contributed by atoms with van der Waals surface area (Å²) in [5.74, 6) is 0.887. The number of hydrogen-bond donors (Lipinski definition) is 2. The van der Waals surface area contributed by atoms with Gasteiger partial charge in [-0.3, -0.25) is 4.99 Å². The Morgan fingerprint density at radius 3 is 2.88 bits per heavy atom. The lowest BCUT2D eigenvalue weighted by Crippen LogP contribution is -2.38. The molecule has 0 saturated carbocycles. The second-order valence-corrected chi connectivity index (χ2v) is 6.53. The number of aliphatic imine (C=N–C) groups is 1. The van der Waals surface area contributed by atoms with Crippen molar-refractivity contribution < 1.29 is 4.74 Å². The number of rotatable bonds is 10. The van der Waals surface area contributed by atoms with Crippen LogP contribution >= 0.6 is 11.3 Å². The zero-order chi connectivity index (χ0) is 17.0. The molecule has 132 valence electrons. The maximum atomic E-state index is 5.34. The fraction of sp³-hybridized carbons (Fsp3) is 0.556. The SMILES string of the molecule is CCNC(=NCCCc1nc2ccccc2s1)NCCCOCC. The van der Waals surface area contributed by atoms with Gasteiger partial charge in [-0.25, -0.2) is 4.98 Å². The maximum Gasteiger partial charge on any atom is 0.191 e. The number of nitrogens with one attached hydrogen (secondary N) is 2. The number of benzene rings is 1. The van der Waals surface area contributed by atoms with Gasteiger partial charge in [0.25, 0.3) is 0 Å². The van der Waals surface area contributed by atoms with E-state index in [4.69, 9.17) is 4.74 Å². The minimum Gasteiger partial charge on any atom is -0.382 e. The Morgan fingerprint density at radius 1 is 1.21 bits per heavy atom. The van der Waals surface area contributed by atoms with Crippen LogP contribution in [0.2, 0.25) is 0 Å². The van der Waals surface area contributed by atoms with E-state index in [1.54, 1.807) is 11.3 Å². The number of para-hydroxylation sites is 1. The zero-order valence-electron chi connectivity index (χ0n) is 14.7. The summed E-state index contributed by atoms with van der Waals surface area (Å²) in [4.78, 5) is 9.30. The van der Waals surface area contributed by atoms with Crippen molar-refractivity contribution >= 4 is 27.5 Å². The molecule has 0 unspecified atom stereocenters. The van der Waals surface area contributed by atoms with Gasteiger partial charge in [-0.2, -0.15) is 0 Å². The van der Waals surface area contributed by atoms with E-state index in [-0.39, 0.29) is 0 Å². The van der Waals surface area contributed by atoms with Gasteiger partial charge in [0.05, 0.1) is 15.2 Å². The van der Waals surface area contributed by atoms with Crippen LogP contribution < -0.4 is 10.6 Å². The Hall–Kier alpha value is -1.66. The summed E-state index contributed by atoms with van der Waals surface area (Å²) in [6.45, 7) is 8.22. The molecular weight excluding hydrogens is 320 g/mol. The maximum absolute atomic E-state index is 5.34. The number of nitrogens with zero attached hydrogens (tertiary/aromatic N) is 2. The molecule has 0 fully saturated rings. The van der Waals surface area contributed by atoms with Gasteiger partial charge in [0, 0.05) is 39.3 Å². The summed E-state index contributed by atoms with van der Waals surface area (Å²) < 4.78 is 6.61. The summed E-state index contributed by atoms with van der Waals surface area (Å²) in [7, 11) is 0. The first-order valence-electron chi connectivity index (χ1n) is 8.77. The van der Waals surface area contributed by atoms with Gasteiger partial charge >= 0.3 is 0 Å². The molecule has 0 aliphatic rings. The third-order valence-electron chi connectivity index (χ3n) is 3.46. The van der Waals surface area contributed by atoms with E-state index < -0.39 is 0 Å². The van der Waals surface area contributed by atoms with Gasteiger partial charge in [-0.1, -0.05) is 12.1 Å². The molecule has 0 amide bonds. The van der Waals surface area contributed by atoms with Crippen LogP contribution in [0.5, 0.6) is 0 Å². The van der Waals surface area contributed by atoms with Crippen molar-refractivity contribution in [2.24, 2.45) is 4.99 Å². The summed E-state index contributed by atoms with van der Waals surface area (Å²) in [5.41, 5.74) is 1.10. The number of fused-ring (bicyclic) bond motifs is 1. The molecule has 5 nitrogen and oxygen atoms in total. The van der Waals surface area contributed by atoms with Crippen molar-refractivity contribution in [1.82, 2.24) is 15.6 Å². The fourth-order valence-corrected chi connectivity index (χ4v) is 3.32. The smallest absolute Gasteiger partial charge is 0.191 e. The van der Waals surface area contributed by atoms with Crippen molar-refractivity contribution in [2.75, 3.05) is 32.8 Å². The molecule has 24 heavy (non-hydrogen) atoms. The van der Waals surface area contributed by atoms with Crippen LogP contribution in [0.25, 0.3) is 10.2 Å². The van der Waals surface area contributed by atoms with Gasteiger partial charge in [0.1, 0.15) is 0 Å². The lowest BCUT2D eigenvalue weighted by Gasteiger charge is -2.11. The fourth-order valence-electron chi connectivity index (χ4n) is 2.32. The van der Waals surface area contributed by atoms with Crippen LogP contribution in [0.3, 0.4) is 0 Å². The minimum absolute atomic E-state index is 0.778. The first-order valence-corrected chi connectivity index (χ1v) is 9.59. The van der Waals surface area contributed by atoms with Crippen LogP contribution in [0.15, 0.2) is 29.3 Å². The van der Waals surface area contributed by atoms with Crippen molar-refractivity contribution in [2.45, 2.75) is 33.1 Å². The average Bonchev–Trinajstić information content (AvgIpc) is 3.01. The van der Waals surface area contributed by atoms with Crippen LogP contribution in [0, 0.1) is 0 Å². The predicted molar refractivity (Wildman–Crippen MR) is 103 cm³/mol. The Balaban J connectivity index is 1.72. The molecule has 0 spiro atoms. The number of aryl methyl sites for hydroxylation is 1. The van der Waals surface area contributed by atoms with Crippen LogP contribution in [-0.4, -0.2) is 43.8 Å². The molecule has 1 aromatic heterocycles. The lowest BCUT2D eigenvalue weighted by molar-refractivity contribution is 0.145. The average molecular weight is 349 g/mol. The monoisotopic (exact) mass is 348 g/mol. The van der Waals surface area contributed by atoms with Crippen LogP contribution in [-0.2, 0) is 11.2 Å². The molecule has 2 N–H and O–H groups in total. The first-order chi connectivity index (χ1) is 11.8. The zero-order valence-corrected chi connectivity index (χ0v) is 15.5. The van der Waals surface area contributed by atoms with Gasteiger partial charge in [0.2, 0.25) is 0 Å². The molecule has 6 heteroatoms. The summed E-state index contributed by atoms with van der Waals surface area (Å²) >= 11 is 1.78. The van der Waals surface area contributed by atoms with E-state index in [1.165, 1.54) is 9.71 Å². The Kier molecular flexibility index (Phi) is 8.55. The third kappa shape index (κ3) is 6.45. The molecular formula is C18H28N4OS. The van der Waals surface area contributed by atoms with Crippen molar-refractivity contribution in [3.8, 4) is 0 Å². The number of thiazole rings is 1. The number of guanidine groups is 1. The van der Waals surface area contributed by atoms with Crippen molar-refractivity contribution in [1.29, 1.82) is 0 Å². The standard InChI is InChI=1S/C18H28N4OS/c1-3-19-18(21-13-8-14-23-4-2)20-12-7-11-17-22-15-9-5-6-10-16(15)24-17/h5-6,9-10H,3-4,7-8,11-14H2,1-2H3,(H2,19,20,21). The molecule has 1 aromatic carbocycles. The normalized spacial score (nSPS) is 11.8. The molecule has 0 radical (unpaired) electrons. The highest BCUT2D eigenvalue weighted by atomic mass is 32.1. The molecule has 2 aromatic rings. The molecule has 0 atom stereocenters. The second kappa shape index (κ2) is 11.0. The molecule has 2 rings (SSSR count). The Bertz CT molecular complexity index is 593. The van der Waals surface area contributed by atoms with Crippen molar-refractivity contribution in [3.05, 3.63) is 29.3 Å². The molecule has 1 heterocycles. The predicted octanol–water partition coefficient (Wildman–Crippen LogP) is 3.21. The van der Waals surface area contributed by atoms with Crippen LogP contribution in [0.1, 0.15) is 31.7 Å². The van der Waals surface area contributed by atoms with E-state index in [2.05, 4.69) is 45.7 Å². The van der Waals surface area contributed by atoms with Gasteiger partial charge in [0.15, 0.2) is 5.96 Å². The second-order valence-electron chi connectivity index (χ2n) is 5.42.